The fourth-order valence-electron chi connectivity index (χ4n) is 2.83. The number of halogens is 2. The number of amides is 1. The number of hydrogen-bond donors (Lipinski definition) is 2. The molecule has 1 aliphatic heterocycles. The highest BCUT2D eigenvalue weighted by Gasteiger charge is 2.18. The molecule has 27 heavy (non-hydrogen) atoms. The van der Waals surface area contributed by atoms with Gasteiger partial charge in [0.1, 0.15) is 12.1 Å². The molecule has 0 aliphatic carbocycles. The molecule has 0 saturated carbocycles. The Morgan fingerprint density at radius 2 is 2.04 bits per heavy atom. The van der Waals surface area contributed by atoms with E-state index >= 15 is 0 Å². The van der Waals surface area contributed by atoms with Crippen LogP contribution in [0.3, 0.4) is 0 Å². The molecule has 2 N–H and O–H groups in total. The minimum absolute atomic E-state index is 0. The predicted octanol–water partition coefficient (Wildman–Crippen LogP) is 1.88. The van der Waals surface area contributed by atoms with Gasteiger partial charge >= 0.3 is 0 Å². The highest BCUT2D eigenvalue weighted by Crippen LogP contribution is 2.17. The number of anilines is 1. The van der Waals surface area contributed by atoms with Crippen molar-refractivity contribution in [3.63, 3.8) is 0 Å². The molecule has 0 radical (unpaired) electrons. The number of nitrogens with one attached hydrogen (secondary N) is 2. The second-order valence-corrected chi connectivity index (χ2v) is 5.89. The van der Waals surface area contributed by atoms with Crippen molar-refractivity contribution in [3.8, 4) is 5.82 Å². The van der Waals surface area contributed by atoms with Crippen LogP contribution in [0.5, 0.6) is 0 Å². The average molecular weight is 411 g/mol. The van der Waals surface area contributed by atoms with Gasteiger partial charge in [0.2, 0.25) is 0 Å². The van der Waals surface area contributed by atoms with Crippen molar-refractivity contribution in [2.75, 3.05) is 18.4 Å². The molecule has 0 aromatic carbocycles. The number of carbonyl (C=O) groups is 1. The lowest BCUT2D eigenvalue weighted by Crippen LogP contribution is -2.29. The summed E-state index contributed by atoms with van der Waals surface area (Å²) in [4.78, 5) is 20.6. The Bertz CT molecular complexity index is 844. The van der Waals surface area contributed by atoms with Gasteiger partial charge in [0.25, 0.3) is 5.91 Å². The zero-order valence-corrected chi connectivity index (χ0v) is 16.0. The quantitative estimate of drug-likeness (QED) is 0.680. The Hall–Kier alpha value is -2.49. The molecule has 11 heteroatoms. The topological polar surface area (TPSA) is 103 Å². The van der Waals surface area contributed by atoms with Gasteiger partial charge in [-0.2, -0.15) is 0 Å². The normalized spacial score (nSPS) is 14.1. The van der Waals surface area contributed by atoms with Gasteiger partial charge in [-0.1, -0.05) is 5.21 Å². The molecule has 4 heterocycles. The van der Waals surface area contributed by atoms with E-state index in [4.69, 9.17) is 0 Å². The first-order valence-corrected chi connectivity index (χ1v) is 8.18. The largest absolute Gasteiger partial charge is 0.319 e. The molecule has 9 nitrogen and oxygen atoms in total. The Labute approximate surface area is 168 Å². The minimum Gasteiger partial charge on any atom is -0.319 e. The first-order valence-electron chi connectivity index (χ1n) is 8.18. The summed E-state index contributed by atoms with van der Waals surface area (Å²) in [6, 6.07) is 3.90. The SMILES string of the molecule is Cl.Cl.O=C(Nc1ccc(-n2ccnc2)nc1)c1cn(C2CCNCC2)nn1. The molecule has 0 unspecified atom stereocenters. The fourth-order valence-corrected chi connectivity index (χ4v) is 2.83. The molecule has 0 spiro atoms. The summed E-state index contributed by atoms with van der Waals surface area (Å²) in [5.74, 6) is 0.435. The van der Waals surface area contributed by atoms with Crippen LogP contribution >= 0.6 is 24.8 Å². The van der Waals surface area contributed by atoms with E-state index in [9.17, 15) is 4.79 Å². The van der Waals surface area contributed by atoms with E-state index in [-0.39, 0.29) is 30.7 Å². The molecule has 1 saturated heterocycles. The van der Waals surface area contributed by atoms with Gasteiger partial charge < -0.3 is 10.6 Å². The van der Waals surface area contributed by atoms with Crippen molar-refractivity contribution in [3.05, 3.63) is 48.9 Å². The lowest BCUT2D eigenvalue weighted by Gasteiger charge is -2.22. The van der Waals surface area contributed by atoms with E-state index in [2.05, 4.69) is 30.9 Å². The minimum atomic E-state index is -0.294. The van der Waals surface area contributed by atoms with Crippen LogP contribution in [0.1, 0.15) is 29.4 Å². The number of carbonyl (C=O) groups excluding carboxylic acids is 1. The third kappa shape index (κ3) is 4.82. The molecule has 3 aromatic rings. The third-order valence-corrected chi connectivity index (χ3v) is 4.20. The summed E-state index contributed by atoms with van der Waals surface area (Å²) in [5.41, 5.74) is 0.905. The van der Waals surface area contributed by atoms with Gasteiger partial charge in [-0.15, -0.1) is 29.9 Å². The highest BCUT2D eigenvalue weighted by atomic mass is 35.5. The molecule has 0 atom stereocenters. The first kappa shape index (κ1) is 20.8. The third-order valence-electron chi connectivity index (χ3n) is 4.20. The molecular formula is C16H20Cl2N8O. The second-order valence-electron chi connectivity index (χ2n) is 5.89. The van der Waals surface area contributed by atoms with Crippen LogP contribution in [0.2, 0.25) is 0 Å². The lowest BCUT2D eigenvalue weighted by atomic mass is 10.1. The maximum absolute atomic E-state index is 12.3. The van der Waals surface area contributed by atoms with Gasteiger partial charge in [-0.3, -0.25) is 9.36 Å². The smallest absolute Gasteiger partial charge is 0.277 e. The van der Waals surface area contributed by atoms with E-state index in [0.29, 0.717) is 17.4 Å². The number of nitrogens with zero attached hydrogens (tertiary/aromatic N) is 6. The summed E-state index contributed by atoms with van der Waals surface area (Å²) < 4.78 is 3.58. The average Bonchev–Trinajstić information content (AvgIpc) is 3.35. The van der Waals surface area contributed by atoms with Crippen LogP contribution in [0.15, 0.2) is 43.2 Å². The van der Waals surface area contributed by atoms with E-state index in [0.717, 1.165) is 31.7 Å². The van der Waals surface area contributed by atoms with E-state index in [1.807, 2.05) is 6.07 Å². The van der Waals surface area contributed by atoms with Crippen LogP contribution in [-0.2, 0) is 0 Å². The zero-order chi connectivity index (χ0) is 17.1. The van der Waals surface area contributed by atoms with Crippen molar-refractivity contribution in [2.24, 2.45) is 0 Å². The maximum Gasteiger partial charge on any atom is 0.277 e. The van der Waals surface area contributed by atoms with Crippen LogP contribution in [0, 0.1) is 0 Å². The van der Waals surface area contributed by atoms with Crippen LogP contribution < -0.4 is 10.6 Å². The highest BCUT2D eigenvalue weighted by molar-refractivity contribution is 6.02. The zero-order valence-electron chi connectivity index (χ0n) is 14.4. The number of imidazole rings is 1. The van der Waals surface area contributed by atoms with E-state index in [1.165, 1.54) is 0 Å². The molecule has 144 valence electrons. The van der Waals surface area contributed by atoms with E-state index < -0.39 is 0 Å². The molecule has 1 amide bonds. The summed E-state index contributed by atoms with van der Waals surface area (Å²) in [6.45, 7) is 1.92. The fraction of sp³-hybridized carbons (Fsp3) is 0.312. The summed E-state index contributed by atoms with van der Waals surface area (Å²) in [6.07, 6.45) is 10.4. The van der Waals surface area contributed by atoms with Crippen LogP contribution in [-0.4, -0.2) is 48.5 Å². The van der Waals surface area contributed by atoms with Crippen LogP contribution in [0.25, 0.3) is 5.82 Å². The molecule has 3 aromatic heterocycles. The Kier molecular flexibility index (Phi) is 7.28. The molecule has 1 aliphatic rings. The van der Waals surface area contributed by atoms with Gasteiger partial charge in [0.05, 0.1) is 24.1 Å². The number of hydrogen-bond acceptors (Lipinski definition) is 6. The van der Waals surface area contributed by atoms with E-state index in [1.54, 1.807) is 46.4 Å². The molecule has 0 bridgehead atoms. The summed E-state index contributed by atoms with van der Waals surface area (Å²) in [5, 5.41) is 14.2. The van der Waals surface area contributed by atoms with Crippen molar-refractivity contribution in [2.45, 2.75) is 18.9 Å². The van der Waals surface area contributed by atoms with Gasteiger partial charge in [-0.05, 0) is 38.1 Å². The van der Waals surface area contributed by atoms with Gasteiger partial charge in [-0.25, -0.2) is 14.6 Å². The monoisotopic (exact) mass is 410 g/mol. The van der Waals surface area contributed by atoms with Gasteiger partial charge in [0.15, 0.2) is 5.69 Å². The Morgan fingerprint density at radius 1 is 1.22 bits per heavy atom. The molecular weight excluding hydrogens is 391 g/mol. The summed E-state index contributed by atoms with van der Waals surface area (Å²) in [7, 11) is 0. The first-order chi connectivity index (χ1) is 12.3. The van der Waals surface area contributed by atoms with Crippen molar-refractivity contribution >= 4 is 36.4 Å². The standard InChI is InChI=1S/C16H18N8O.2ClH/c25-16(14-10-24(22-21-14)13-3-5-17-6-4-13)20-12-1-2-15(19-9-12)23-8-7-18-11-23;;/h1-2,7-11,13,17H,3-6H2,(H,20,25);2*1H. The lowest BCUT2D eigenvalue weighted by molar-refractivity contribution is 0.102. The molecule has 1 fully saturated rings. The summed E-state index contributed by atoms with van der Waals surface area (Å²) >= 11 is 0. The number of rotatable bonds is 4. The van der Waals surface area contributed by atoms with Crippen molar-refractivity contribution in [1.82, 2.24) is 34.8 Å². The van der Waals surface area contributed by atoms with Crippen molar-refractivity contribution in [1.29, 1.82) is 0 Å². The number of aromatic nitrogens is 6. The van der Waals surface area contributed by atoms with Crippen molar-refractivity contribution < 1.29 is 4.79 Å². The number of pyridine rings is 1. The Morgan fingerprint density at radius 3 is 2.70 bits per heavy atom. The maximum atomic E-state index is 12.3. The Balaban J connectivity index is 0.00000131. The van der Waals surface area contributed by atoms with Gasteiger partial charge in [0, 0.05) is 12.4 Å². The number of piperidine rings is 1. The van der Waals surface area contributed by atoms with Crippen LogP contribution in [0.4, 0.5) is 5.69 Å². The predicted molar refractivity (Wildman–Crippen MR) is 105 cm³/mol. The molecule has 4 rings (SSSR count). The second kappa shape index (κ2) is 9.45.